The maximum atomic E-state index is 12.9. The highest BCUT2D eigenvalue weighted by Gasteiger charge is 2.20. The number of aryl methyl sites for hydroxylation is 2. The van der Waals surface area contributed by atoms with Crippen LogP contribution in [0.1, 0.15) is 31.8 Å². The zero-order valence-corrected chi connectivity index (χ0v) is 18.1. The maximum Gasteiger partial charge on any atom is 0.337 e. The molecule has 1 amide bonds. The number of anilines is 2. The lowest BCUT2D eigenvalue weighted by atomic mass is 10.1. The van der Waals surface area contributed by atoms with E-state index in [0.29, 0.717) is 16.9 Å². The van der Waals surface area contributed by atoms with Crippen molar-refractivity contribution in [3.05, 3.63) is 89.0 Å². The lowest BCUT2D eigenvalue weighted by Gasteiger charge is -2.13. The van der Waals surface area contributed by atoms with Crippen molar-refractivity contribution in [3.63, 3.8) is 0 Å². The standard InChI is InChI=1S/C23H22N2O5S/c1-15-6-4-9-20(12-15)25-31(28,29)21-14-17(11-10-16(21)2)22(26)24-19-8-5-7-18(13-19)23(27)30-3/h4-14,25H,1-3H3,(H,24,26). The number of sulfonamides is 1. The number of hydrogen-bond acceptors (Lipinski definition) is 5. The summed E-state index contributed by atoms with van der Waals surface area (Å²) < 4.78 is 33.1. The first-order chi connectivity index (χ1) is 14.7. The van der Waals surface area contributed by atoms with E-state index in [2.05, 4.69) is 14.8 Å². The molecular weight excluding hydrogens is 416 g/mol. The Morgan fingerprint density at radius 1 is 0.839 bits per heavy atom. The molecule has 0 aliphatic carbocycles. The molecule has 0 aliphatic rings. The Bertz CT molecular complexity index is 1250. The van der Waals surface area contributed by atoms with Crippen LogP contribution in [0, 0.1) is 13.8 Å². The fourth-order valence-corrected chi connectivity index (χ4v) is 4.32. The van der Waals surface area contributed by atoms with Crippen LogP contribution in [0.3, 0.4) is 0 Å². The third-order valence-electron chi connectivity index (χ3n) is 4.55. The molecule has 31 heavy (non-hydrogen) atoms. The zero-order valence-electron chi connectivity index (χ0n) is 17.3. The molecule has 0 saturated carbocycles. The number of hydrogen-bond donors (Lipinski definition) is 2. The number of amides is 1. The van der Waals surface area contributed by atoms with Crippen molar-refractivity contribution < 1.29 is 22.7 Å². The van der Waals surface area contributed by atoms with E-state index in [1.165, 1.54) is 19.2 Å². The second-order valence-corrected chi connectivity index (χ2v) is 8.63. The summed E-state index contributed by atoms with van der Waals surface area (Å²) in [4.78, 5) is 24.4. The van der Waals surface area contributed by atoms with Crippen molar-refractivity contribution in [1.82, 2.24) is 0 Å². The van der Waals surface area contributed by atoms with Crippen LogP contribution in [0.4, 0.5) is 11.4 Å². The van der Waals surface area contributed by atoms with Gasteiger partial charge in [-0.1, -0.05) is 24.3 Å². The number of nitrogens with one attached hydrogen (secondary N) is 2. The fraction of sp³-hybridized carbons (Fsp3) is 0.130. The topological polar surface area (TPSA) is 102 Å². The van der Waals surface area contributed by atoms with E-state index >= 15 is 0 Å². The minimum Gasteiger partial charge on any atom is -0.465 e. The fourth-order valence-electron chi connectivity index (χ4n) is 2.99. The van der Waals surface area contributed by atoms with Crippen molar-refractivity contribution in [2.24, 2.45) is 0 Å². The van der Waals surface area contributed by atoms with E-state index in [9.17, 15) is 18.0 Å². The smallest absolute Gasteiger partial charge is 0.337 e. The Morgan fingerprint density at radius 3 is 2.26 bits per heavy atom. The van der Waals surface area contributed by atoms with Gasteiger partial charge in [-0.2, -0.15) is 0 Å². The summed E-state index contributed by atoms with van der Waals surface area (Å²) in [5, 5.41) is 2.67. The number of rotatable bonds is 6. The highest BCUT2D eigenvalue weighted by Crippen LogP contribution is 2.22. The molecule has 3 rings (SSSR count). The van der Waals surface area contributed by atoms with Gasteiger partial charge < -0.3 is 10.1 Å². The molecule has 0 radical (unpaired) electrons. The highest BCUT2D eigenvalue weighted by molar-refractivity contribution is 7.92. The molecule has 0 atom stereocenters. The number of ether oxygens (including phenoxy) is 1. The van der Waals surface area contributed by atoms with E-state index in [4.69, 9.17) is 0 Å². The number of benzene rings is 3. The van der Waals surface area contributed by atoms with Gasteiger partial charge in [0.2, 0.25) is 0 Å². The van der Waals surface area contributed by atoms with E-state index < -0.39 is 21.9 Å². The van der Waals surface area contributed by atoms with Crippen molar-refractivity contribution in [1.29, 1.82) is 0 Å². The van der Waals surface area contributed by atoms with Gasteiger partial charge in [0, 0.05) is 16.9 Å². The Kier molecular flexibility index (Phi) is 6.41. The van der Waals surface area contributed by atoms with Gasteiger partial charge >= 0.3 is 5.97 Å². The summed E-state index contributed by atoms with van der Waals surface area (Å²) in [6.45, 7) is 3.52. The monoisotopic (exact) mass is 438 g/mol. The second kappa shape index (κ2) is 9.01. The molecule has 2 N–H and O–H groups in total. The molecule has 7 nitrogen and oxygen atoms in total. The first-order valence-electron chi connectivity index (χ1n) is 9.39. The van der Waals surface area contributed by atoms with Gasteiger partial charge in [0.05, 0.1) is 17.6 Å². The largest absolute Gasteiger partial charge is 0.465 e. The Balaban J connectivity index is 1.86. The number of methoxy groups -OCH3 is 1. The normalized spacial score (nSPS) is 10.9. The lowest BCUT2D eigenvalue weighted by Crippen LogP contribution is -2.17. The molecular formula is C23H22N2O5S. The number of esters is 1. The van der Waals surface area contributed by atoms with Crippen molar-refractivity contribution >= 4 is 33.3 Å². The average Bonchev–Trinajstić information content (AvgIpc) is 2.73. The number of carbonyl (C=O) groups is 2. The molecule has 0 unspecified atom stereocenters. The van der Waals surface area contributed by atoms with E-state index in [-0.39, 0.29) is 16.0 Å². The van der Waals surface area contributed by atoms with Crippen LogP contribution < -0.4 is 10.0 Å². The minimum atomic E-state index is -3.90. The third kappa shape index (κ3) is 5.29. The van der Waals surface area contributed by atoms with Crippen LogP contribution in [0.5, 0.6) is 0 Å². The highest BCUT2D eigenvalue weighted by atomic mass is 32.2. The van der Waals surface area contributed by atoms with Gasteiger partial charge in [0.1, 0.15) is 0 Å². The average molecular weight is 439 g/mol. The molecule has 0 bridgehead atoms. The predicted octanol–water partition coefficient (Wildman–Crippen LogP) is 4.14. The van der Waals surface area contributed by atoms with Crippen molar-refractivity contribution in [2.45, 2.75) is 18.7 Å². The summed E-state index contributed by atoms with van der Waals surface area (Å²) in [5.74, 6) is -1.03. The van der Waals surface area contributed by atoms with Crippen molar-refractivity contribution in [3.8, 4) is 0 Å². The molecule has 0 heterocycles. The molecule has 0 fully saturated rings. The Morgan fingerprint density at radius 2 is 1.55 bits per heavy atom. The van der Waals surface area contributed by atoms with Crippen LogP contribution in [-0.2, 0) is 14.8 Å². The van der Waals surface area contributed by atoms with Gasteiger partial charge in [-0.15, -0.1) is 0 Å². The first-order valence-corrected chi connectivity index (χ1v) is 10.9. The Hall–Kier alpha value is -3.65. The summed E-state index contributed by atoms with van der Waals surface area (Å²) >= 11 is 0. The van der Waals surface area contributed by atoms with Crippen LogP contribution in [0.15, 0.2) is 71.6 Å². The minimum absolute atomic E-state index is 0.00460. The van der Waals surface area contributed by atoms with E-state index in [1.54, 1.807) is 55.5 Å². The summed E-state index contributed by atoms with van der Waals surface area (Å²) in [6, 6.07) is 17.7. The predicted molar refractivity (Wildman–Crippen MR) is 119 cm³/mol. The lowest BCUT2D eigenvalue weighted by molar-refractivity contribution is 0.0600. The van der Waals surface area contributed by atoms with Gasteiger partial charge in [0.25, 0.3) is 15.9 Å². The quantitative estimate of drug-likeness (QED) is 0.563. The van der Waals surface area contributed by atoms with Gasteiger partial charge in [-0.05, 0) is 67.4 Å². The summed E-state index contributed by atoms with van der Waals surface area (Å²) in [5.41, 5.74) is 2.70. The molecule has 0 saturated heterocycles. The van der Waals surface area contributed by atoms with E-state index in [1.807, 2.05) is 13.0 Å². The molecule has 3 aromatic rings. The molecule has 0 aliphatic heterocycles. The van der Waals surface area contributed by atoms with Gasteiger partial charge in [-0.25, -0.2) is 13.2 Å². The first kappa shape index (κ1) is 22.0. The summed E-state index contributed by atoms with van der Waals surface area (Å²) in [6.07, 6.45) is 0. The number of carbonyl (C=O) groups excluding carboxylic acids is 2. The van der Waals surface area contributed by atoms with Crippen LogP contribution in [0.2, 0.25) is 0 Å². The molecule has 3 aromatic carbocycles. The molecule has 160 valence electrons. The van der Waals surface area contributed by atoms with Crippen molar-refractivity contribution in [2.75, 3.05) is 17.1 Å². The SMILES string of the molecule is COC(=O)c1cccc(NC(=O)c2ccc(C)c(S(=O)(=O)Nc3cccc(C)c3)c2)c1. The molecule has 0 spiro atoms. The van der Waals surface area contributed by atoms with Gasteiger partial charge in [0.15, 0.2) is 0 Å². The Labute approximate surface area is 181 Å². The third-order valence-corrected chi connectivity index (χ3v) is 6.07. The van der Waals surface area contributed by atoms with Crippen LogP contribution in [-0.4, -0.2) is 27.4 Å². The molecule has 0 aromatic heterocycles. The maximum absolute atomic E-state index is 12.9. The van der Waals surface area contributed by atoms with Crippen LogP contribution >= 0.6 is 0 Å². The second-order valence-electron chi connectivity index (χ2n) is 6.98. The van der Waals surface area contributed by atoms with E-state index in [0.717, 1.165) is 5.56 Å². The summed E-state index contributed by atoms with van der Waals surface area (Å²) in [7, 11) is -2.63. The van der Waals surface area contributed by atoms with Crippen LogP contribution in [0.25, 0.3) is 0 Å². The molecule has 8 heteroatoms. The zero-order chi connectivity index (χ0) is 22.6. The van der Waals surface area contributed by atoms with Gasteiger partial charge in [-0.3, -0.25) is 9.52 Å².